The van der Waals surface area contributed by atoms with Crippen molar-refractivity contribution in [2.75, 3.05) is 0 Å². The summed E-state index contributed by atoms with van der Waals surface area (Å²) in [5.41, 5.74) is 2.75. The highest BCUT2D eigenvalue weighted by molar-refractivity contribution is 5.74. The molecule has 0 amide bonds. The molecule has 0 unspecified atom stereocenters. The van der Waals surface area contributed by atoms with Crippen molar-refractivity contribution in [3.8, 4) is 0 Å². The Morgan fingerprint density at radius 2 is 2.12 bits per heavy atom. The van der Waals surface area contributed by atoms with Gasteiger partial charge in [-0.1, -0.05) is 0 Å². The number of nitrogens with zero attached hydrogens (tertiary/aromatic N) is 2. The van der Waals surface area contributed by atoms with E-state index in [1.165, 1.54) is 0 Å². The number of imidazole rings is 1. The zero-order valence-corrected chi connectivity index (χ0v) is 10.2. The van der Waals surface area contributed by atoms with E-state index in [-0.39, 0.29) is 5.60 Å². The van der Waals surface area contributed by atoms with Gasteiger partial charge in [0, 0.05) is 6.20 Å². The molecule has 2 heterocycles. The average Bonchev–Trinajstić information content (AvgIpc) is 2.58. The molecule has 2 rings (SSSR count). The van der Waals surface area contributed by atoms with Crippen LogP contribution in [-0.4, -0.2) is 20.6 Å². The lowest BCUT2D eigenvalue weighted by molar-refractivity contribution is -0.0177. The van der Waals surface area contributed by atoms with Crippen LogP contribution in [0.2, 0.25) is 0 Å². The number of hydrogen-bond acceptors (Lipinski definition) is 3. The standard InChI is InChI=1S/C12H17N3O/c1-8-5-6-13-11-10(8)14-9(15-11)7-16-12(2,3)4/h5-6H,7H2,1-4H3,(H,13,14,15). The van der Waals surface area contributed by atoms with E-state index in [0.29, 0.717) is 6.61 Å². The number of aromatic nitrogens is 3. The van der Waals surface area contributed by atoms with Gasteiger partial charge in [-0.05, 0) is 39.3 Å². The van der Waals surface area contributed by atoms with Crippen LogP contribution in [0.5, 0.6) is 0 Å². The van der Waals surface area contributed by atoms with E-state index in [1.54, 1.807) is 6.20 Å². The lowest BCUT2D eigenvalue weighted by atomic mass is 10.2. The van der Waals surface area contributed by atoms with Crippen LogP contribution in [0.15, 0.2) is 12.3 Å². The van der Waals surface area contributed by atoms with Gasteiger partial charge in [0.1, 0.15) is 12.4 Å². The number of ether oxygens (including phenoxy) is 1. The summed E-state index contributed by atoms with van der Waals surface area (Å²) in [6, 6.07) is 1.97. The second kappa shape index (κ2) is 3.87. The number of aryl methyl sites for hydroxylation is 1. The molecule has 0 aromatic carbocycles. The maximum atomic E-state index is 5.66. The smallest absolute Gasteiger partial charge is 0.178 e. The van der Waals surface area contributed by atoms with Crippen LogP contribution in [0, 0.1) is 6.92 Å². The van der Waals surface area contributed by atoms with Gasteiger partial charge in [0.15, 0.2) is 5.65 Å². The van der Waals surface area contributed by atoms with E-state index < -0.39 is 0 Å². The number of pyridine rings is 1. The molecule has 4 nitrogen and oxygen atoms in total. The summed E-state index contributed by atoms with van der Waals surface area (Å²) < 4.78 is 5.66. The highest BCUT2D eigenvalue weighted by Crippen LogP contribution is 2.15. The molecule has 1 N–H and O–H groups in total. The van der Waals surface area contributed by atoms with Gasteiger partial charge in [-0.3, -0.25) is 0 Å². The summed E-state index contributed by atoms with van der Waals surface area (Å²) in [5.74, 6) is 0.826. The maximum Gasteiger partial charge on any atom is 0.178 e. The van der Waals surface area contributed by atoms with Crippen LogP contribution >= 0.6 is 0 Å². The summed E-state index contributed by atoms with van der Waals surface area (Å²) in [6.07, 6.45) is 1.77. The number of nitrogens with one attached hydrogen (secondary N) is 1. The van der Waals surface area contributed by atoms with Crippen molar-refractivity contribution in [1.29, 1.82) is 0 Å². The third-order valence-electron chi connectivity index (χ3n) is 2.29. The van der Waals surface area contributed by atoms with Gasteiger partial charge < -0.3 is 9.72 Å². The van der Waals surface area contributed by atoms with Crippen LogP contribution in [0.25, 0.3) is 11.2 Å². The minimum Gasteiger partial charge on any atom is -0.368 e. The summed E-state index contributed by atoms with van der Waals surface area (Å²) >= 11 is 0. The van der Waals surface area contributed by atoms with Crippen molar-refractivity contribution < 1.29 is 4.74 Å². The van der Waals surface area contributed by atoms with Crippen LogP contribution in [0.1, 0.15) is 32.2 Å². The second-order valence-corrected chi connectivity index (χ2v) is 4.91. The van der Waals surface area contributed by atoms with E-state index in [4.69, 9.17) is 4.74 Å². The first-order valence-corrected chi connectivity index (χ1v) is 5.40. The summed E-state index contributed by atoms with van der Waals surface area (Å²) in [4.78, 5) is 11.8. The first-order chi connectivity index (χ1) is 7.46. The van der Waals surface area contributed by atoms with Crippen LogP contribution in [0.4, 0.5) is 0 Å². The Kier molecular flexibility index (Phi) is 2.68. The molecule has 0 atom stereocenters. The molecule has 0 aliphatic rings. The minimum absolute atomic E-state index is 0.151. The maximum absolute atomic E-state index is 5.66. The molecular weight excluding hydrogens is 202 g/mol. The third-order valence-corrected chi connectivity index (χ3v) is 2.29. The summed E-state index contributed by atoms with van der Waals surface area (Å²) in [6.45, 7) is 8.60. The molecule has 0 bridgehead atoms. The van der Waals surface area contributed by atoms with Crippen LogP contribution in [0.3, 0.4) is 0 Å². The van der Waals surface area contributed by atoms with E-state index in [1.807, 2.05) is 33.8 Å². The van der Waals surface area contributed by atoms with Crippen molar-refractivity contribution in [3.63, 3.8) is 0 Å². The SMILES string of the molecule is Cc1ccnc2nc(COC(C)(C)C)[nH]c12. The Hall–Kier alpha value is -1.42. The average molecular weight is 219 g/mol. The number of aromatic amines is 1. The third kappa shape index (κ3) is 2.39. The molecule has 0 radical (unpaired) electrons. The number of fused-ring (bicyclic) bond motifs is 1. The monoisotopic (exact) mass is 219 g/mol. The molecule has 16 heavy (non-hydrogen) atoms. The molecule has 86 valence electrons. The molecule has 0 fully saturated rings. The highest BCUT2D eigenvalue weighted by Gasteiger charge is 2.12. The normalized spacial score (nSPS) is 12.2. The largest absolute Gasteiger partial charge is 0.368 e. The quantitative estimate of drug-likeness (QED) is 0.844. The number of rotatable bonds is 2. The first-order valence-electron chi connectivity index (χ1n) is 5.40. The van der Waals surface area contributed by atoms with E-state index >= 15 is 0 Å². The highest BCUT2D eigenvalue weighted by atomic mass is 16.5. The first kappa shape index (κ1) is 11.1. The molecule has 4 heteroatoms. The Labute approximate surface area is 95.1 Å². The van der Waals surface area contributed by atoms with E-state index in [0.717, 1.165) is 22.6 Å². The lowest BCUT2D eigenvalue weighted by Gasteiger charge is -2.18. The predicted octanol–water partition coefficient (Wildman–Crippen LogP) is 2.58. The Morgan fingerprint density at radius 3 is 2.75 bits per heavy atom. The van der Waals surface area contributed by atoms with Crippen molar-refractivity contribution in [3.05, 3.63) is 23.7 Å². The van der Waals surface area contributed by atoms with Crippen molar-refractivity contribution in [1.82, 2.24) is 15.0 Å². The molecule has 0 saturated heterocycles. The van der Waals surface area contributed by atoms with Crippen molar-refractivity contribution >= 4 is 11.2 Å². The molecule has 0 aliphatic heterocycles. The Morgan fingerprint density at radius 1 is 1.38 bits per heavy atom. The van der Waals surface area contributed by atoms with Gasteiger partial charge in [0.25, 0.3) is 0 Å². The van der Waals surface area contributed by atoms with E-state index in [2.05, 4.69) is 15.0 Å². The Balaban J connectivity index is 2.24. The van der Waals surface area contributed by atoms with Crippen molar-refractivity contribution in [2.45, 2.75) is 39.9 Å². The molecular formula is C12H17N3O. The molecule has 2 aromatic heterocycles. The lowest BCUT2D eigenvalue weighted by Crippen LogP contribution is -2.19. The molecule has 2 aromatic rings. The zero-order chi connectivity index (χ0) is 11.8. The van der Waals surface area contributed by atoms with Gasteiger partial charge >= 0.3 is 0 Å². The predicted molar refractivity (Wildman–Crippen MR) is 63.2 cm³/mol. The van der Waals surface area contributed by atoms with Gasteiger partial charge in [0.2, 0.25) is 0 Å². The fourth-order valence-corrected chi connectivity index (χ4v) is 1.44. The zero-order valence-electron chi connectivity index (χ0n) is 10.2. The molecule has 0 aliphatic carbocycles. The molecule has 0 saturated carbocycles. The minimum atomic E-state index is -0.151. The second-order valence-electron chi connectivity index (χ2n) is 4.91. The van der Waals surface area contributed by atoms with Crippen molar-refractivity contribution in [2.24, 2.45) is 0 Å². The van der Waals surface area contributed by atoms with Crippen LogP contribution < -0.4 is 0 Å². The summed E-state index contributed by atoms with van der Waals surface area (Å²) in [5, 5.41) is 0. The number of hydrogen-bond donors (Lipinski definition) is 1. The molecule has 0 spiro atoms. The van der Waals surface area contributed by atoms with Gasteiger partial charge in [-0.15, -0.1) is 0 Å². The van der Waals surface area contributed by atoms with Gasteiger partial charge in [-0.25, -0.2) is 9.97 Å². The Bertz CT molecular complexity index is 496. The fourth-order valence-electron chi connectivity index (χ4n) is 1.44. The van der Waals surface area contributed by atoms with Gasteiger partial charge in [-0.2, -0.15) is 0 Å². The summed E-state index contributed by atoms with van der Waals surface area (Å²) in [7, 11) is 0. The topological polar surface area (TPSA) is 50.8 Å². The fraction of sp³-hybridized carbons (Fsp3) is 0.500. The number of H-pyrrole nitrogens is 1. The van der Waals surface area contributed by atoms with E-state index in [9.17, 15) is 0 Å². The van der Waals surface area contributed by atoms with Crippen LogP contribution in [-0.2, 0) is 11.3 Å². The van der Waals surface area contributed by atoms with Gasteiger partial charge in [0.05, 0.1) is 11.1 Å².